The SMILES string of the molecule is COC(COc1ccc(C(C)=O)c(O)c1)OC. The van der Waals surface area contributed by atoms with Gasteiger partial charge in [0.25, 0.3) is 0 Å². The fraction of sp³-hybridized carbons (Fsp3) is 0.417. The zero-order valence-corrected chi connectivity index (χ0v) is 10.1. The molecule has 5 nitrogen and oxygen atoms in total. The predicted molar refractivity (Wildman–Crippen MR) is 61.4 cm³/mol. The van der Waals surface area contributed by atoms with Gasteiger partial charge in [0.15, 0.2) is 12.1 Å². The summed E-state index contributed by atoms with van der Waals surface area (Å²) in [5.41, 5.74) is 0.271. The molecule has 0 saturated carbocycles. The Morgan fingerprint density at radius 2 is 2.00 bits per heavy atom. The number of carbonyl (C=O) groups excluding carboxylic acids is 1. The lowest BCUT2D eigenvalue weighted by Gasteiger charge is -2.14. The number of carbonyl (C=O) groups is 1. The quantitative estimate of drug-likeness (QED) is 0.604. The molecule has 1 N–H and O–H groups in total. The largest absolute Gasteiger partial charge is 0.507 e. The lowest BCUT2D eigenvalue weighted by atomic mass is 10.1. The number of Topliss-reactive ketones (excluding diaryl/α,β-unsaturated/α-hetero) is 1. The highest BCUT2D eigenvalue weighted by molar-refractivity contribution is 5.96. The summed E-state index contributed by atoms with van der Waals surface area (Å²) >= 11 is 0. The van der Waals surface area contributed by atoms with Crippen molar-refractivity contribution in [3.05, 3.63) is 23.8 Å². The summed E-state index contributed by atoms with van der Waals surface area (Å²) in [4.78, 5) is 11.1. The molecule has 0 radical (unpaired) electrons. The van der Waals surface area contributed by atoms with Gasteiger partial charge in [0, 0.05) is 20.3 Å². The van der Waals surface area contributed by atoms with Gasteiger partial charge in [0.2, 0.25) is 0 Å². The minimum Gasteiger partial charge on any atom is -0.507 e. The van der Waals surface area contributed by atoms with Crippen LogP contribution in [-0.4, -0.2) is 38.0 Å². The molecule has 0 amide bonds. The van der Waals surface area contributed by atoms with Crippen LogP contribution in [-0.2, 0) is 9.47 Å². The van der Waals surface area contributed by atoms with Gasteiger partial charge in [-0.15, -0.1) is 0 Å². The second kappa shape index (κ2) is 6.22. The van der Waals surface area contributed by atoms with Gasteiger partial charge in [-0.05, 0) is 19.1 Å². The third kappa shape index (κ3) is 3.72. The van der Waals surface area contributed by atoms with Crippen molar-refractivity contribution < 1.29 is 24.1 Å². The first kappa shape index (κ1) is 13.5. The van der Waals surface area contributed by atoms with Gasteiger partial charge in [0.1, 0.15) is 18.1 Å². The van der Waals surface area contributed by atoms with Crippen LogP contribution >= 0.6 is 0 Å². The van der Waals surface area contributed by atoms with E-state index in [0.717, 1.165) is 0 Å². The first-order valence-electron chi connectivity index (χ1n) is 5.10. The molecule has 0 aliphatic rings. The number of phenols is 1. The molecule has 0 atom stereocenters. The summed E-state index contributed by atoms with van der Waals surface area (Å²) in [6, 6.07) is 4.51. The van der Waals surface area contributed by atoms with Gasteiger partial charge in [0.05, 0.1) is 5.56 Å². The minimum absolute atomic E-state index is 0.0959. The van der Waals surface area contributed by atoms with Gasteiger partial charge in [-0.25, -0.2) is 0 Å². The van der Waals surface area contributed by atoms with E-state index in [1.165, 1.54) is 33.3 Å². The average molecular weight is 240 g/mol. The summed E-state index contributed by atoms with van der Waals surface area (Å²) in [5.74, 6) is 0.161. The van der Waals surface area contributed by atoms with Crippen LogP contribution in [0, 0.1) is 0 Å². The number of hydrogen-bond acceptors (Lipinski definition) is 5. The summed E-state index contributed by atoms with van der Waals surface area (Å²) in [6.07, 6.45) is -0.468. The zero-order chi connectivity index (χ0) is 12.8. The highest BCUT2D eigenvalue weighted by atomic mass is 16.7. The number of hydrogen-bond donors (Lipinski definition) is 1. The van der Waals surface area contributed by atoms with Gasteiger partial charge < -0.3 is 19.3 Å². The van der Waals surface area contributed by atoms with Crippen LogP contribution < -0.4 is 4.74 Å². The Bertz CT molecular complexity index is 384. The van der Waals surface area contributed by atoms with Crippen molar-refractivity contribution in [2.45, 2.75) is 13.2 Å². The van der Waals surface area contributed by atoms with Gasteiger partial charge in [-0.1, -0.05) is 0 Å². The normalized spacial score (nSPS) is 10.6. The maximum Gasteiger partial charge on any atom is 0.191 e. The molecule has 0 aliphatic heterocycles. The van der Waals surface area contributed by atoms with Crippen LogP contribution in [0.25, 0.3) is 0 Å². The van der Waals surface area contributed by atoms with E-state index in [2.05, 4.69) is 0 Å². The topological polar surface area (TPSA) is 65.0 Å². The van der Waals surface area contributed by atoms with Crippen molar-refractivity contribution in [1.29, 1.82) is 0 Å². The summed E-state index contributed by atoms with van der Waals surface area (Å²) < 4.78 is 15.2. The first-order chi connectivity index (χ1) is 8.08. The molecule has 1 aromatic rings. The first-order valence-corrected chi connectivity index (χ1v) is 5.10. The van der Waals surface area contributed by atoms with Gasteiger partial charge in [-0.2, -0.15) is 0 Å². The van der Waals surface area contributed by atoms with Crippen molar-refractivity contribution in [3.8, 4) is 11.5 Å². The Balaban J connectivity index is 2.67. The van der Waals surface area contributed by atoms with Crippen LogP contribution in [0.5, 0.6) is 11.5 Å². The van der Waals surface area contributed by atoms with Gasteiger partial charge in [-0.3, -0.25) is 4.79 Å². The molecule has 0 heterocycles. The molecule has 0 saturated heterocycles. The molecule has 94 valence electrons. The fourth-order valence-corrected chi connectivity index (χ4v) is 1.30. The Morgan fingerprint density at radius 3 is 2.47 bits per heavy atom. The average Bonchev–Trinajstić information content (AvgIpc) is 2.30. The molecule has 0 unspecified atom stereocenters. The number of phenolic OH excluding ortho intramolecular Hbond substituents is 1. The maximum absolute atomic E-state index is 11.1. The second-order valence-corrected chi connectivity index (χ2v) is 3.45. The van der Waals surface area contributed by atoms with Crippen molar-refractivity contribution in [1.82, 2.24) is 0 Å². The van der Waals surface area contributed by atoms with Crippen molar-refractivity contribution >= 4 is 5.78 Å². The third-order valence-corrected chi connectivity index (χ3v) is 2.26. The van der Waals surface area contributed by atoms with E-state index in [1.807, 2.05) is 0 Å². The Labute approximate surface area is 99.9 Å². The number of benzene rings is 1. The molecular weight excluding hydrogens is 224 g/mol. The molecule has 1 rings (SSSR count). The van der Waals surface area contributed by atoms with Crippen LogP contribution in [0.1, 0.15) is 17.3 Å². The zero-order valence-electron chi connectivity index (χ0n) is 10.1. The van der Waals surface area contributed by atoms with E-state index < -0.39 is 6.29 Å². The molecule has 5 heteroatoms. The molecule has 17 heavy (non-hydrogen) atoms. The molecular formula is C12H16O5. The second-order valence-electron chi connectivity index (χ2n) is 3.45. The van der Waals surface area contributed by atoms with Crippen LogP contribution in [0.4, 0.5) is 0 Å². The summed E-state index contributed by atoms with van der Waals surface area (Å²) in [6.45, 7) is 1.59. The molecule has 0 spiro atoms. The lowest BCUT2D eigenvalue weighted by Crippen LogP contribution is -2.22. The number of aromatic hydroxyl groups is 1. The third-order valence-electron chi connectivity index (χ3n) is 2.26. The van der Waals surface area contributed by atoms with Gasteiger partial charge >= 0.3 is 0 Å². The number of rotatable bonds is 6. The van der Waals surface area contributed by atoms with E-state index in [1.54, 1.807) is 6.07 Å². The van der Waals surface area contributed by atoms with E-state index in [4.69, 9.17) is 14.2 Å². The maximum atomic E-state index is 11.1. The molecule has 1 aromatic carbocycles. The summed E-state index contributed by atoms with van der Waals surface area (Å²) in [7, 11) is 3.02. The van der Waals surface area contributed by atoms with Crippen molar-refractivity contribution in [2.75, 3.05) is 20.8 Å². The molecule has 0 aliphatic carbocycles. The predicted octanol–water partition coefficient (Wildman–Crippen LogP) is 1.59. The standard InChI is InChI=1S/C12H16O5/c1-8(13)10-5-4-9(6-11(10)14)17-7-12(15-2)16-3/h4-6,12,14H,7H2,1-3H3. The van der Waals surface area contributed by atoms with Crippen molar-refractivity contribution in [3.63, 3.8) is 0 Å². The fourth-order valence-electron chi connectivity index (χ4n) is 1.30. The highest BCUT2D eigenvalue weighted by Crippen LogP contribution is 2.24. The van der Waals surface area contributed by atoms with Crippen LogP contribution in [0.15, 0.2) is 18.2 Å². The van der Waals surface area contributed by atoms with E-state index in [0.29, 0.717) is 5.75 Å². The van der Waals surface area contributed by atoms with E-state index in [9.17, 15) is 9.90 Å². The number of methoxy groups -OCH3 is 2. The van der Waals surface area contributed by atoms with Crippen LogP contribution in [0.2, 0.25) is 0 Å². The van der Waals surface area contributed by atoms with Crippen LogP contribution in [0.3, 0.4) is 0 Å². The number of ether oxygens (including phenoxy) is 3. The molecule has 0 fully saturated rings. The Kier molecular flexibility index (Phi) is 4.93. The monoisotopic (exact) mass is 240 g/mol. The molecule has 0 bridgehead atoms. The molecule has 0 aromatic heterocycles. The Morgan fingerprint density at radius 1 is 1.35 bits per heavy atom. The van der Waals surface area contributed by atoms with E-state index in [-0.39, 0.29) is 23.7 Å². The highest BCUT2D eigenvalue weighted by Gasteiger charge is 2.09. The van der Waals surface area contributed by atoms with E-state index >= 15 is 0 Å². The smallest absolute Gasteiger partial charge is 0.191 e. The Hall–Kier alpha value is -1.59. The lowest BCUT2D eigenvalue weighted by molar-refractivity contribution is -0.121. The minimum atomic E-state index is -0.468. The summed E-state index contributed by atoms with van der Waals surface area (Å²) in [5, 5.41) is 9.58. The van der Waals surface area contributed by atoms with Crippen molar-refractivity contribution in [2.24, 2.45) is 0 Å². The number of ketones is 1.